The van der Waals surface area contributed by atoms with Gasteiger partial charge in [-0.05, 0) is 31.9 Å². The minimum absolute atomic E-state index is 0.687. The second-order valence-corrected chi connectivity index (χ2v) is 4.91. The van der Waals surface area contributed by atoms with Crippen LogP contribution in [0.5, 0.6) is 5.75 Å². The second kappa shape index (κ2) is 7.80. The van der Waals surface area contributed by atoms with Gasteiger partial charge in [-0.25, -0.2) is 0 Å². The van der Waals surface area contributed by atoms with Crippen molar-refractivity contribution >= 4 is 0 Å². The van der Waals surface area contributed by atoms with E-state index in [2.05, 4.69) is 51.0 Å². The molecule has 0 aromatic heterocycles. The molecular formula is C17H25NO. The van der Waals surface area contributed by atoms with Gasteiger partial charge in [0.1, 0.15) is 12.4 Å². The highest BCUT2D eigenvalue weighted by Crippen LogP contribution is 2.24. The van der Waals surface area contributed by atoms with Crippen LogP contribution in [0.3, 0.4) is 0 Å². The maximum atomic E-state index is 5.94. The maximum absolute atomic E-state index is 5.94. The zero-order valence-corrected chi connectivity index (χ0v) is 12.4. The molecule has 0 aliphatic carbocycles. The van der Waals surface area contributed by atoms with Gasteiger partial charge in [0.05, 0.1) is 0 Å². The Labute approximate surface area is 117 Å². The molecule has 0 spiro atoms. The van der Waals surface area contributed by atoms with Crippen molar-refractivity contribution in [3.05, 3.63) is 54.1 Å². The number of ether oxygens (including phenoxy) is 1. The summed E-state index contributed by atoms with van der Waals surface area (Å²) in [5.41, 5.74) is 3.69. The molecule has 1 aromatic carbocycles. The summed E-state index contributed by atoms with van der Waals surface area (Å²) in [5.74, 6) is 1.02. The highest BCUT2D eigenvalue weighted by atomic mass is 16.5. The fourth-order valence-corrected chi connectivity index (χ4v) is 2.29. The number of hydrogen-bond donors (Lipinski definition) is 0. The highest BCUT2D eigenvalue weighted by molar-refractivity contribution is 5.42. The molecule has 0 aliphatic heterocycles. The van der Waals surface area contributed by atoms with Crippen LogP contribution >= 0.6 is 0 Å². The van der Waals surface area contributed by atoms with Gasteiger partial charge < -0.3 is 4.74 Å². The molecule has 0 heterocycles. The number of aryl methyl sites for hydroxylation is 3. The van der Waals surface area contributed by atoms with Crippen LogP contribution in [0.25, 0.3) is 0 Å². The molecule has 2 nitrogen and oxygen atoms in total. The normalized spacial score (nSPS) is 10.5. The summed E-state index contributed by atoms with van der Waals surface area (Å²) >= 11 is 0. The first-order valence-corrected chi connectivity index (χ1v) is 6.73. The Morgan fingerprint density at radius 3 is 2.05 bits per heavy atom. The van der Waals surface area contributed by atoms with Crippen molar-refractivity contribution in [2.45, 2.75) is 20.8 Å². The summed E-state index contributed by atoms with van der Waals surface area (Å²) in [7, 11) is 0. The SMILES string of the molecule is C=CCN(CC=C)CCOc1c(C)cc(C)cc1C. The molecular weight excluding hydrogens is 234 g/mol. The van der Waals surface area contributed by atoms with Gasteiger partial charge in [-0.15, -0.1) is 13.2 Å². The standard InChI is InChI=1S/C17H25NO/c1-6-8-18(9-7-2)10-11-19-17-15(4)12-14(3)13-16(17)5/h6-7,12-13H,1-2,8-11H2,3-5H3. The zero-order chi connectivity index (χ0) is 14.3. The lowest BCUT2D eigenvalue weighted by Crippen LogP contribution is -2.29. The van der Waals surface area contributed by atoms with E-state index >= 15 is 0 Å². The third-order valence-electron chi connectivity index (χ3n) is 3.03. The van der Waals surface area contributed by atoms with Gasteiger partial charge in [0, 0.05) is 19.6 Å². The first-order valence-electron chi connectivity index (χ1n) is 6.73. The van der Waals surface area contributed by atoms with Crippen LogP contribution in [0.15, 0.2) is 37.4 Å². The van der Waals surface area contributed by atoms with Crippen LogP contribution in [-0.4, -0.2) is 31.1 Å². The molecule has 0 saturated carbocycles. The summed E-state index contributed by atoms with van der Waals surface area (Å²) in [4.78, 5) is 2.25. The van der Waals surface area contributed by atoms with Gasteiger partial charge in [-0.2, -0.15) is 0 Å². The molecule has 0 atom stereocenters. The number of rotatable bonds is 8. The van der Waals surface area contributed by atoms with Crippen LogP contribution in [-0.2, 0) is 0 Å². The molecule has 1 aromatic rings. The van der Waals surface area contributed by atoms with E-state index in [0.717, 1.165) is 25.4 Å². The van der Waals surface area contributed by atoms with E-state index in [4.69, 9.17) is 4.74 Å². The largest absolute Gasteiger partial charge is 0.492 e. The number of benzene rings is 1. The van der Waals surface area contributed by atoms with E-state index < -0.39 is 0 Å². The topological polar surface area (TPSA) is 12.5 Å². The molecule has 1 rings (SSSR count). The van der Waals surface area contributed by atoms with Crippen molar-refractivity contribution in [2.75, 3.05) is 26.2 Å². The third-order valence-corrected chi connectivity index (χ3v) is 3.03. The fraction of sp³-hybridized carbons (Fsp3) is 0.412. The highest BCUT2D eigenvalue weighted by Gasteiger charge is 2.06. The second-order valence-electron chi connectivity index (χ2n) is 4.91. The first-order chi connectivity index (χ1) is 9.08. The molecule has 104 valence electrons. The van der Waals surface area contributed by atoms with Crippen LogP contribution < -0.4 is 4.74 Å². The van der Waals surface area contributed by atoms with Crippen LogP contribution in [0, 0.1) is 20.8 Å². The molecule has 19 heavy (non-hydrogen) atoms. The van der Waals surface area contributed by atoms with Crippen molar-refractivity contribution in [1.82, 2.24) is 4.90 Å². The smallest absolute Gasteiger partial charge is 0.125 e. The zero-order valence-electron chi connectivity index (χ0n) is 12.4. The lowest BCUT2D eigenvalue weighted by Gasteiger charge is -2.20. The van der Waals surface area contributed by atoms with E-state index in [1.165, 1.54) is 16.7 Å². The van der Waals surface area contributed by atoms with E-state index in [-0.39, 0.29) is 0 Å². The third kappa shape index (κ3) is 4.92. The summed E-state index contributed by atoms with van der Waals surface area (Å²) in [6, 6.07) is 4.32. The lowest BCUT2D eigenvalue weighted by atomic mass is 10.1. The van der Waals surface area contributed by atoms with Gasteiger partial charge in [-0.3, -0.25) is 4.90 Å². The summed E-state index contributed by atoms with van der Waals surface area (Å²) in [5, 5.41) is 0. The van der Waals surface area contributed by atoms with Crippen molar-refractivity contribution in [3.8, 4) is 5.75 Å². The molecule has 0 bridgehead atoms. The van der Waals surface area contributed by atoms with Gasteiger partial charge in [0.25, 0.3) is 0 Å². The molecule has 0 fully saturated rings. The minimum Gasteiger partial charge on any atom is -0.492 e. The summed E-state index contributed by atoms with van der Waals surface area (Å²) < 4.78 is 5.94. The monoisotopic (exact) mass is 259 g/mol. The van der Waals surface area contributed by atoms with Gasteiger partial charge in [-0.1, -0.05) is 29.8 Å². The average molecular weight is 259 g/mol. The van der Waals surface area contributed by atoms with Crippen LogP contribution in [0.4, 0.5) is 0 Å². The number of hydrogen-bond acceptors (Lipinski definition) is 2. The molecule has 0 N–H and O–H groups in total. The summed E-state index contributed by atoms with van der Waals surface area (Å²) in [6.07, 6.45) is 3.82. The Morgan fingerprint density at radius 2 is 1.58 bits per heavy atom. The fourth-order valence-electron chi connectivity index (χ4n) is 2.29. The molecule has 0 saturated heterocycles. The van der Waals surface area contributed by atoms with Crippen molar-refractivity contribution in [3.63, 3.8) is 0 Å². The van der Waals surface area contributed by atoms with E-state index in [1.54, 1.807) is 0 Å². The average Bonchev–Trinajstić information content (AvgIpc) is 2.32. The quantitative estimate of drug-likeness (QED) is 0.661. The Morgan fingerprint density at radius 1 is 1.05 bits per heavy atom. The van der Waals surface area contributed by atoms with Gasteiger partial charge in [0.2, 0.25) is 0 Å². The van der Waals surface area contributed by atoms with E-state index in [1.807, 2.05) is 12.2 Å². The first kappa shape index (κ1) is 15.5. The Balaban J connectivity index is 2.57. The Hall–Kier alpha value is -1.54. The summed E-state index contributed by atoms with van der Waals surface area (Å²) in [6.45, 7) is 17.1. The Kier molecular flexibility index (Phi) is 6.37. The van der Waals surface area contributed by atoms with Crippen molar-refractivity contribution in [2.24, 2.45) is 0 Å². The maximum Gasteiger partial charge on any atom is 0.125 e. The number of nitrogens with zero attached hydrogens (tertiary/aromatic N) is 1. The molecule has 2 heteroatoms. The van der Waals surface area contributed by atoms with Gasteiger partial charge in [0.15, 0.2) is 0 Å². The molecule has 0 aliphatic rings. The van der Waals surface area contributed by atoms with Crippen LogP contribution in [0.2, 0.25) is 0 Å². The predicted octanol–water partition coefficient (Wildman–Crippen LogP) is 3.66. The molecule has 0 amide bonds. The van der Waals surface area contributed by atoms with E-state index in [0.29, 0.717) is 6.61 Å². The van der Waals surface area contributed by atoms with Gasteiger partial charge >= 0.3 is 0 Å². The van der Waals surface area contributed by atoms with Crippen LogP contribution in [0.1, 0.15) is 16.7 Å². The lowest BCUT2D eigenvalue weighted by molar-refractivity contribution is 0.234. The van der Waals surface area contributed by atoms with E-state index in [9.17, 15) is 0 Å². The Bertz CT molecular complexity index is 404. The predicted molar refractivity (Wildman–Crippen MR) is 83.0 cm³/mol. The minimum atomic E-state index is 0.687. The molecule has 0 radical (unpaired) electrons. The molecule has 0 unspecified atom stereocenters. The van der Waals surface area contributed by atoms with Crippen molar-refractivity contribution in [1.29, 1.82) is 0 Å². The van der Waals surface area contributed by atoms with Crippen molar-refractivity contribution < 1.29 is 4.74 Å².